The minimum atomic E-state index is -5.08. The summed E-state index contributed by atoms with van der Waals surface area (Å²) in [7, 11) is 3.20. The molecule has 3 heterocycles. The summed E-state index contributed by atoms with van der Waals surface area (Å²) in [5.74, 6) is 1.12. The van der Waals surface area contributed by atoms with Crippen molar-refractivity contribution in [2.75, 3.05) is 24.9 Å². The van der Waals surface area contributed by atoms with Crippen LogP contribution < -0.4 is 20.1 Å². The van der Waals surface area contributed by atoms with Crippen molar-refractivity contribution < 1.29 is 32.5 Å². The lowest BCUT2D eigenvalue weighted by atomic mass is 10.2. The van der Waals surface area contributed by atoms with Gasteiger partial charge in [0, 0.05) is 29.2 Å². The molecule has 0 fully saturated rings. The van der Waals surface area contributed by atoms with Gasteiger partial charge in [-0.2, -0.15) is 27.9 Å². The lowest BCUT2D eigenvalue weighted by Gasteiger charge is -2.12. The molecule has 4 rings (SSSR count). The number of benzene rings is 1. The molecule has 206 valence electrons. The topological polar surface area (TPSA) is 136 Å². The molecule has 11 nitrogen and oxygen atoms in total. The number of carboxylic acids is 1. The molecule has 3 N–H and O–H groups in total. The molecule has 4 aromatic rings. The van der Waals surface area contributed by atoms with Crippen LogP contribution in [0.15, 0.2) is 48.7 Å². The Bertz CT molecular complexity index is 1460. The van der Waals surface area contributed by atoms with Gasteiger partial charge in [0.15, 0.2) is 17.3 Å². The molecule has 0 atom stereocenters. The Morgan fingerprint density at radius 3 is 2.28 bits per heavy atom. The fourth-order valence-corrected chi connectivity index (χ4v) is 3.22. The number of ether oxygens (including phenoxy) is 2. The Morgan fingerprint density at radius 1 is 0.974 bits per heavy atom. The monoisotopic (exact) mass is 545 g/mol. The highest BCUT2D eigenvalue weighted by molar-refractivity contribution is 5.73. The van der Waals surface area contributed by atoms with E-state index in [4.69, 9.17) is 19.4 Å². The van der Waals surface area contributed by atoms with Gasteiger partial charge < -0.3 is 25.2 Å². The molecule has 3 aromatic heterocycles. The summed E-state index contributed by atoms with van der Waals surface area (Å²) in [4.78, 5) is 22.4. The standard InChI is InChI=1S/C23H25N7O2.C2HF3O2/c1-14-7-6-8-21(25-14)30-22(15(2)16(3)29-30)27-20-11-12-24-23(28-20)26-17-9-10-18(31-4)19(13-17)32-5;3-2(4,5)1(6)7/h6-13H,1-5H3,(H2,24,26,27,28);(H,6,7). The van der Waals surface area contributed by atoms with Crippen LogP contribution in [0.4, 0.5) is 36.4 Å². The second-order valence-corrected chi connectivity index (χ2v) is 8.00. The number of hydrogen-bond acceptors (Lipinski definition) is 9. The van der Waals surface area contributed by atoms with Crippen LogP contribution >= 0.6 is 0 Å². The second-order valence-electron chi connectivity index (χ2n) is 8.00. The van der Waals surface area contributed by atoms with E-state index in [-0.39, 0.29) is 0 Å². The van der Waals surface area contributed by atoms with Crippen LogP contribution in [0.3, 0.4) is 0 Å². The van der Waals surface area contributed by atoms with Crippen molar-refractivity contribution in [1.29, 1.82) is 0 Å². The van der Waals surface area contributed by atoms with Crippen molar-refractivity contribution in [3.8, 4) is 17.3 Å². The normalized spacial score (nSPS) is 10.8. The Hall–Kier alpha value is -4.88. The number of alkyl halides is 3. The number of nitrogens with one attached hydrogen (secondary N) is 2. The van der Waals surface area contributed by atoms with Crippen molar-refractivity contribution in [1.82, 2.24) is 24.7 Å². The van der Waals surface area contributed by atoms with Gasteiger partial charge in [0.05, 0.1) is 19.9 Å². The van der Waals surface area contributed by atoms with Crippen LogP contribution in [-0.2, 0) is 4.79 Å². The SMILES string of the molecule is COc1ccc(Nc2nccc(Nc3c(C)c(C)nn3-c3cccc(C)n3)n2)cc1OC.O=C(O)C(F)(F)F. The summed E-state index contributed by atoms with van der Waals surface area (Å²) >= 11 is 0. The first-order valence-corrected chi connectivity index (χ1v) is 11.3. The van der Waals surface area contributed by atoms with Gasteiger partial charge in [0.2, 0.25) is 5.95 Å². The molecule has 0 unspecified atom stereocenters. The molecule has 0 aliphatic carbocycles. The van der Waals surface area contributed by atoms with Gasteiger partial charge in [0.25, 0.3) is 0 Å². The number of nitrogens with zero attached hydrogens (tertiary/aromatic N) is 5. The molecule has 0 radical (unpaired) electrons. The summed E-state index contributed by atoms with van der Waals surface area (Å²) in [6.07, 6.45) is -3.40. The van der Waals surface area contributed by atoms with Crippen molar-refractivity contribution in [2.45, 2.75) is 26.9 Å². The minimum Gasteiger partial charge on any atom is -0.493 e. The van der Waals surface area contributed by atoms with Crippen molar-refractivity contribution in [3.05, 3.63) is 65.6 Å². The van der Waals surface area contributed by atoms with Crippen LogP contribution in [0.1, 0.15) is 17.0 Å². The van der Waals surface area contributed by atoms with Crippen LogP contribution in [0, 0.1) is 20.8 Å². The largest absolute Gasteiger partial charge is 0.493 e. The summed E-state index contributed by atoms with van der Waals surface area (Å²) in [6.45, 7) is 5.94. The first-order chi connectivity index (χ1) is 18.4. The number of carboxylic acid groups (broad SMARTS) is 1. The number of aryl methyl sites for hydroxylation is 2. The zero-order chi connectivity index (χ0) is 28.7. The smallest absolute Gasteiger partial charge is 0.490 e. The summed E-state index contributed by atoms with van der Waals surface area (Å²) < 4.78 is 44.2. The molecule has 1 aromatic carbocycles. The van der Waals surface area contributed by atoms with Crippen LogP contribution in [0.25, 0.3) is 5.82 Å². The van der Waals surface area contributed by atoms with Gasteiger partial charge in [0.1, 0.15) is 11.6 Å². The van der Waals surface area contributed by atoms with Crippen LogP contribution in [-0.4, -0.2) is 56.2 Å². The number of anilines is 4. The van der Waals surface area contributed by atoms with Crippen molar-refractivity contribution in [2.24, 2.45) is 0 Å². The summed E-state index contributed by atoms with van der Waals surface area (Å²) in [5.41, 5.74) is 3.62. The predicted molar refractivity (Wildman–Crippen MR) is 137 cm³/mol. The van der Waals surface area contributed by atoms with Gasteiger partial charge in [-0.25, -0.2) is 14.8 Å². The number of pyridine rings is 1. The van der Waals surface area contributed by atoms with E-state index in [1.165, 1.54) is 0 Å². The maximum atomic E-state index is 10.6. The molecule has 0 aliphatic heterocycles. The van der Waals surface area contributed by atoms with E-state index in [1.54, 1.807) is 31.2 Å². The van der Waals surface area contributed by atoms with E-state index >= 15 is 0 Å². The quantitative estimate of drug-likeness (QED) is 0.287. The number of halogens is 3. The maximum absolute atomic E-state index is 10.6. The highest BCUT2D eigenvalue weighted by Gasteiger charge is 2.38. The lowest BCUT2D eigenvalue weighted by molar-refractivity contribution is -0.192. The number of aromatic nitrogens is 5. The van der Waals surface area contributed by atoms with Crippen LogP contribution in [0.5, 0.6) is 11.5 Å². The highest BCUT2D eigenvalue weighted by Crippen LogP contribution is 2.31. The van der Waals surface area contributed by atoms with Crippen LogP contribution in [0.2, 0.25) is 0 Å². The third kappa shape index (κ3) is 7.34. The first kappa shape index (κ1) is 28.7. The highest BCUT2D eigenvalue weighted by atomic mass is 19.4. The molecule has 0 spiro atoms. The second kappa shape index (κ2) is 12.1. The Kier molecular flexibility index (Phi) is 8.91. The summed E-state index contributed by atoms with van der Waals surface area (Å²) in [6, 6.07) is 13.2. The van der Waals surface area contributed by atoms with Gasteiger partial charge in [-0.15, -0.1) is 0 Å². The third-order valence-corrected chi connectivity index (χ3v) is 5.23. The number of methoxy groups -OCH3 is 2. The molecule has 14 heteroatoms. The maximum Gasteiger partial charge on any atom is 0.490 e. The zero-order valence-electron chi connectivity index (χ0n) is 21.7. The van der Waals surface area contributed by atoms with Crippen molar-refractivity contribution >= 4 is 29.2 Å². The number of carbonyl (C=O) groups is 1. The molecule has 0 saturated carbocycles. The average Bonchev–Trinajstić information content (AvgIpc) is 3.17. The third-order valence-electron chi connectivity index (χ3n) is 5.23. The lowest BCUT2D eigenvalue weighted by Crippen LogP contribution is -2.21. The van der Waals surface area contributed by atoms with Crippen molar-refractivity contribution in [3.63, 3.8) is 0 Å². The van der Waals surface area contributed by atoms with E-state index < -0.39 is 12.1 Å². The Labute approximate surface area is 221 Å². The van der Waals surface area contributed by atoms with E-state index in [0.717, 1.165) is 34.3 Å². The fraction of sp³-hybridized carbons (Fsp3) is 0.240. The molecule has 0 amide bonds. The van der Waals surface area contributed by atoms with E-state index in [9.17, 15) is 13.2 Å². The summed E-state index contributed by atoms with van der Waals surface area (Å²) in [5, 5.41) is 18.3. The average molecular weight is 546 g/mol. The van der Waals surface area contributed by atoms with Gasteiger partial charge in [-0.1, -0.05) is 6.07 Å². The van der Waals surface area contributed by atoms with Gasteiger partial charge in [-0.3, -0.25) is 0 Å². The van der Waals surface area contributed by atoms with Gasteiger partial charge >= 0.3 is 12.1 Å². The first-order valence-electron chi connectivity index (χ1n) is 11.3. The minimum absolute atomic E-state index is 0.441. The molecule has 0 bridgehead atoms. The number of hydrogen-bond donors (Lipinski definition) is 3. The van der Waals surface area contributed by atoms with E-state index in [2.05, 4.69) is 30.7 Å². The van der Waals surface area contributed by atoms with E-state index in [1.807, 2.05) is 57.2 Å². The molecule has 0 saturated heterocycles. The molecule has 39 heavy (non-hydrogen) atoms. The molecular formula is C25H26F3N7O4. The predicted octanol–water partition coefficient (Wildman–Crippen LogP) is 5.12. The number of rotatable bonds is 7. The van der Waals surface area contributed by atoms with Gasteiger partial charge in [-0.05, 0) is 51.1 Å². The molecular weight excluding hydrogens is 519 g/mol. The zero-order valence-corrected chi connectivity index (χ0v) is 21.7. The van der Waals surface area contributed by atoms with E-state index in [0.29, 0.717) is 23.3 Å². The Balaban J connectivity index is 0.000000532. The number of aliphatic carboxylic acids is 1. The Morgan fingerprint density at radius 2 is 1.67 bits per heavy atom. The fourth-order valence-electron chi connectivity index (χ4n) is 3.22. The molecule has 0 aliphatic rings.